The maximum atomic E-state index is 13.5. The molecule has 1 aliphatic rings. The highest BCUT2D eigenvalue weighted by atomic mass is 32.3. The van der Waals surface area contributed by atoms with Gasteiger partial charge in [-0.15, -0.1) is 0 Å². The van der Waals surface area contributed by atoms with Gasteiger partial charge in [-0.2, -0.15) is 0 Å². The van der Waals surface area contributed by atoms with Crippen LogP contribution in [0.25, 0.3) is 0 Å². The molecule has 1 saturated heterocycles. The minimum absolute atomic E-state index is 0.0315. The molecule has 8 N–H and O–H groups in total. The van der Waals surface area contributed by atoms with Gasteiger partial charge < -0.3 is 39.6 Å². The molecule has 0 aromatic heterocycles. The Balaban J connectivity index is 2.18. The van der Waals surface area contributed by atoms with Crippen molar-refractivity contribution < 1.29 is 66.6 Å². The number of amides is 2. The molecule has 302 valence electrons. The van der Waals surface area contributed by atoms with Crippen LogP contribution in [0.15, 0.2) is 24.3 Å². The molecule has 1 aromatic carbocycles. The van der Waals surface area contributed by atoms with Gasteiger partial charge >= 0.3 is 17.9 Å². The van der Waals surface area contributed by atoms with E-state index in [4.69, 9.17) is 9.47 Å². The molecule has 1 fully saturated rings. The van der Waals surface area contributed by atoms with Crippen LogP contribution in [0.2, 0.25) is 0 Å². The SMILES string of the molecule is CCOCCOCCCNC(=O)[C@@H](Cc1ccc(OS(O)(O)O)cc1)NC(=O)CN1CCN(CC(=O)O)CCN(CC(=O)O)CCN(CC(=O)O)CC1. The molecule has 1 aromatic rings. The van der Waals surface area contributed by atoms with Crippen LogP contribution in [-0.2, 0) is 39.9 Å². The fraction of sp³-hybridized carbons (Fsp3) is 0.656. The largest absolute Gasteiger partial charge is 0.480 e. The molecule has 2 amide bonds. The Labute approximate surface area is 310 Å². The van der Waals surface area contributed by atoms with Crippen LogP contribution in [0.4, 0.5) is 0 Å². The molecular formula is C32H54N6O14S. The number of nitrogens with zero attached hydrogens (tertiary/aromatic N) is 4. The van der Waals surface area contributed by atoms with E-state index in [-0.39, 0.29) is 97.3 Å². The quantitative estimate of drug-likeness (QED) is 0.0674. The first kappa shape index (κ1) is 45.5. The fourth-order valence-corrected chi connectivity index (χ4v) is 5.73. The van der Waals surface area contributed by atoms with Crippen LogP contribution in [0.1, 0.15) is 18.9 Å². The first-order valence-corrected chi connectivity index (χ1v) is 18.6. The van der Waals surface area contributed by atoms with Crippen molar-refractivity contribution in [2.45, 2.75) is 25.8 Å². The Morgan fingerprint density at radius 1 is 0.698 bits per heavy atom. The highest BCUT2D eigenvalue weighted by Crippen LogP contribution is 2.35. The zero-order chi connectivity index (χ0) is 39.2. The zero-order valence-corrected chi connectivity index (χ0v) is 30.8. The van der Waals surface area contributed by atoms with Gasteiger partial charge in [0.1, 0.15) is 11.8 Å². The van der Waals surface area contributed by atoms with Crippen LogP contribution < -0.4 is 14.8 Å². The Morgan fingerprint density at radius 2 is 1.15 bits per heavy atom. The molecule has 1 heterocycles. The molecule has 0 spiro atoms. The standard InChI is InChI=1S/C32H54N6O14S/c1-2-50-18-19-51-17-3-8-33-32(46)27(20-25-4-6-26(7-5-25)52-53(47,48)49)34-28(39)21-35-9-11-36(22-29(40)41)13-15-38(24-31(44)45)16-14-37(12-10-35)23-30(42)43/h4-7,27,47-49H,2-3,8-24H2,1H3,(H,33,46)(H,34,39)(H,40,41)(H,42,43)(H,44,45)/t27-/m1/s1. The smallest absolute Gasteiger partial charge is 0.317 e. The molecule has 0 saturated carbocycles. The molecule has 0 aliphatic carbocycles. The summed E-state index contributed by atoms with van der Waals surface area (Å²) in [6, 6.07) is 4.73. The predicted molar refractivity (Wildman–Crippen MR) is 192 cm³/mol. The van der Waals surface area contributed by atoms with Crippen LogP contribution >= 0.6 is 11.2 Å². The summed E-state index contributed by atoms with van der Waals surface area (Å²) < 4.78 is 42.9. The molecule has 0 bridgehead atoms. The number of carbonyl (C=O) groups excluding carboxylic acids is 2. The normalized spacial score (nSPS) is 16.8. The third kappa shape index (κ3) is 21.6. The van der Waals surface area contributed by atoms with Crippen LogP contribution in [-0.4, -0.2) is 196 Å². The second kappa shape index (κ2) is 24.6. The summed E-state index contributed by atoms with van der Waals surface area (Å²) in [4.78, 5) is 68.2. The van der Waals surface area contributed by atoms with Gasteiger partial charge in [-0.25, -0.2) is 0 Å². The Kier molecular flexibility index (Phi) is 21.2. The second-order valence-electron chi connectivity index (χ2n) is 12.3. The fourth-order valence-electron chi connectivity index (χ4n) is 5.36. The van der Waals surface area contributed by atoms with Gasteiger partial charge in [0.15, 0.2) is 0 Å². The van der Waals surface area contributed by atoms with Gasteiger partial charge in [-0.1, -0.05) is 12.1 Å². The van der Waals surface area contributed by atoms with E-state index in [9.17, 15) is 53.0 Å². The lowest BCUT2D eigenvalue weighted by molar-refractivity contribution is -0.140. The number of rotatable bonds is 22. The van der Waals surface area contributed by atoms with E-state index in [1.165, 1.54) is 24.3 Å². The van der Waals surface area contributed by atoms with E-state index in [0.717, 1.165) is 0 Å². The third-order valence-electron chi connectivity index (χ3n) is 7.94. The summed E-state index contributed by atoms with van der Waals surface area (Å²) in [5.74, 6) is -4.25. The lowest BCUT2D eigenvalue weighted by atomic mass is 10.0. The topological polar surface area (TPSA) is 271 Å². The number of hydrogen-bond donors (Lipinski definition) is 8. The molecule has 20 nitrogen and oxygen atoms in total. The molecule has 21 heteroatoms. The highest BCUT2D eigenvalue weighted by Gasteiger charge is 2.25. The van der Waals surface area contributed by atoms with Gasteiger partial charge in [-0.05, 0) is 31.0 Å². The second-order valence-corrected chi connectivity index (χ2v) is 13.4. The number of hydrogen-bond acceptors (Lipinski definition) is 15. The van der Waals surface area contributed by atoms with Crippen LogP contribution in [0, 0.1) is 0 Å². The lowest BCUT2D eigenvalue weighted by Gasteiger charge is -2.33. The first-order chi connectivity index (χ1) is 25.1. The van der Waals surface area contributed by atoms with Crippen molar-refractivity contribution in [3.8, 4) is 5.75 Å². The Morgan fingerprint density at radius 3 is 1.58 bits per heavy atom. The summed E-state index contributed by atoms with van der Waals surface area (Å²) in [6.45, 7) is 4.58. The van der Waals surface area contributed by atoms with E-state index < -0.39 is 46.9 Å². The number of nitrogens with one attached hydrogen (secondary N) is 2. The molecule has 2 rings (SSSR count). The van der Waals surface area contributed by atoms with Crippen molar-refractivity contribution in [2.75, 3.05) is 112 Å². The number of carboxylic acid groups (broad SMARTS) is 3. The lowest BCUT2D eigenvalue weighted by Crippen LogP contribution is -2.53. The third-order valence-corrected chi connectivity index (χ3v) is 8.35. The Hall–Kier alpha value is -3.64. The molecule has 0 unspecified atom stereocenters. The average Bonchev–Trinajstić information content (AvgIpc) is 3.06. The predicted octanol–water partition coefficient (Wildman–Crippen LogP) is -0.734. The summed E-state index contributed by atoms with van der Waals surface area (Å²) in [7, 11) is 0. The molecule has 1 aliphatic heterocycles. The summed E-state index contributed by atoms with van der Waals surface area (Å²) in [5, 5.41) is 33.9. The molecule has 53 heavy (non-hydrogen) atoms. The van der Waals surface area contributed by atoms with Gasteiger partial charge in [-0.3, -0.25) is 57.2 Å². The van der Waals surface area contributed by atoms with E-state index in [2.05, 4.69) is 14.8 Å². The summed E-state index contributed by atoms with van der Waals surface area (Å²) in [5.41, 5.74) is 0.573. The van der Waals surface area contributed by atoms with Crippen molar-refractivity contribution >= 4 is 40.9 Å². The van der Waals surface area contributed by atoms with Crippen molar-refractivity contribution in [3.05, 3.63) is 29.8 Å². The van der Waals surface area contributed by atoms with Crippen LogP contribution in [0.3, 0.4) is 0 Å². The van der Waals surface area contributed by atoms with E-state index in [1.54, 1.807) is 19.6 Å². The van der Waals surface area contributed by atoms with Gasteiger partial charge in [0, 0.05) is 78.5 Å². The van der Waals surface area contributed by atoms with E-state index in [0.29, 0.717) is 38.4 Å². The highest BCUT2D eigenvalue weighted by molar-refractivity contribution is 8.15. The zero-order valence-electron chi connectivity index (χ0n) is 30.0. The Bertz CT molecular complexity index is 1260. The summed E-state index contributed by atoms with van der Waals surface area (Å²) in [6.07, 6.45) is 0.531. The number of carbonyl (C=O) groups is 5. The number of ether oxygens (including phenoxy) is 2. The van der Waals surface area contributed by atoms with Crippen LogP contribution in [0.5, 0.6) is 5.75 Å². The van der Waals surface area contributed by atoms with Gasteiger partial charge in [0.2, 0.25) is 11.8 Å². The van der Waals surface area contributed by atoms with Crippen molar-refractivity contribution in [2.24, 2.45) is 0 Å². The van der Waals surface area contributed by atoms with Crippen molar-refractivity contribution in [1.82, 2.24) is 30.2 Å². The maximum absolute atomic E-state index is 13.5. The first-order valence-electron chi connectivity index (χ1n) is 17.2. The van der Waals surface area contributed by atoms with Gasteiger partial charge in [0.25, 0.3) is 11.2 Å². The molecule has 1 atom stereocenters. The number of carboxylic acids is 3. The molecular weight excluding hydrogens is 724 g/mol. The maximum Gasteiger partial charge on any atom is 0.317 e. The van der Waals surface area contributed by atoms with E-state index in [1.807, 2.05) is 6.92 Å². The minimum Gasteiger partial charge on any atom is -0.480 e. The minimum atomic E-state index is -4.25. The van der Waals surface area contributed by atoms with E-state index >= 15 is 0 Å². The monoisotopic (exact) mass is 778 g/mol. The molecule has 0 radical (unpaired) electrons. The van der Waals surface area contributed by atoms with Gasteiger partial charge in [0.05, 0.1) is 39.4 Å². The summed E-state index contributed by atoms with van der Waals surface area (Å²) >= 11 is -4.25. The average molecular weight is 779 g/mol. The number of aliphatic carboxylic acids is 3. The van der Waals surface area contributed by atoms with Crippen molar-refractivity contribution in [1.29, 1.82) is 0 Å². The van der Waals surface area contributed by atoms with Crippen molar-refractivity contribution in [3.63, 3.8) is 0 Å². The number of benzene rings is 1.